The topological polar surface area (TPSA) is 153 Å². The predicted octanol–water partition coefficient (Wildman–Crippen LogP) is 2.19. The SMILES string of the molecule is CC[C@H](C(=O)Nc1ccccc1C(N)=O)N(c1cc([N+](=O)[O-])ccc1C)S(C)(=O)=O. The normalized spacial score (nSPS) is 12.1. The molecule has 0 heterocycles. The Morgan fingerprint density at radius 3 is 2.40 bits per heavy atom. The quantitative estimate of drug-likeness (QED) is 0.480. The lowest BCUT2D eigenvalue weighted by Crippen LogP contribution is -2.47. The second-order valence-electron chi connectivity index (χ2n) is 6.61. The van der Waals surface area contributed by atoms with E-state index in [0.717, 1.165) is 16.6 Å². The number of nitrogens with two attached hydrogens (primary N) is 1. The molecule has 2 aromatic rings. The van der Waals surface area contributed by atoms with E-state index in [1.807, 2.05) is 0 Å². The summed E-state index contributed by atoms with van der Waals surface area (Å²) < 4.78 is 26.1. The van der Waals surface area contributed by atoms with Crippen LogP contribution in [-0.2, 0) is 14.8 Å². The van der Waals surface area contributed by atoms with Crippen LogP contribution in [0, 0.1) is 17.0 Å². The molecule has 0 aliphatic carbocycles. The first kappa shape index (κ1) is 22.8. The van der Waals surface area contributed by atoms with Crippen molar-refractivity contribution in [2.24, 2.45) is 5.73 Å². The molecular formula is C19H22N4O6S. The smallest absolute Gasteiger partial charge is 0.271 e. The molecule has 30 heavy (non-hydrogen) atoms. The predicted molar refractivity (Wildman–Crippen MR) is 113 cm³/mol. The summed E-state index contributed by atoms with van der Waals surface area (Å²) in [4.78, 5) is 35.1. The summed E-state index contributed by atoms with van der Waals surface area (Å²) in [5.41, 5.74) is 5.69. The molecule has 0 aliphatic rings. The molecule has 2 rings (SSSR count). The number of hydrogen-bond acceptors (Lipinski definition) is 6. The number of primary amides is 1. The standard InChI is InChI=1S/C19H22N4O6S/c1-4-16(19(25)21-15-8-6-5-7-14(15)18(20)24)22(30(3,28)29)17-11-13(23(26)27)10-9-12(17)2/h5-11,16H,4H2,1-3H3,(H2,20,24)(H,21,25)/t16-/m1/s1. The maximum atomic E-state index is 13.0. The van der Waals surface area contributed by atoms with Gasteiger partial charge in [0.1, 0.15) is 6.04 Å². The number of carbonyl (C=O) groups excluding carboxylic acids is 2. The van der Waals surface area contributed by atoms with Crippen LogP contribution in [0.15, 0.2) is 42.5 Å². The third-order valence-corrected chi connectivity index (χ3v) is 5.59. The zero-order valence-corrected chi connectivity index (χ0v) is 17.5. The minimum Gasteiger partial charge on any atom is -0.366 e. The molecule has 160 valence electrons. The first-order valence-corrected chi connectivity index (χ1v) is 10.8. The molecule has 3 N–H and O–H groups in total. The van der Waals surface area contributed by atoms with E-state index in [9.17, 15) is 28.1 Å². The van der Waals surface area contributed by atoms with E-state index < -0.39 is 32.8 Å². The van der Waals surface area contributed by atoms with Gasteiger partial charge in [-0.2, -0.15) is 0 Å². The van der Waals surface area contributed by atoms with Gasteiger partial charge in [-0.05, 0) is 31.0 Å². The maximum absolute atomic E-state index is 13.0. The fourth-order valence-corrected chi connectivity index (χ4v) is 4.27. The summed E-state index contributed by atoms with van der Waals surface area (Å²) >= 11 is 0. The Balaban J connectivity index is 2.54. The highest BCUT2D eigenvalue weighted by molar-refractivity contribution is 7.92. The Labute approximate surface area is 173 Å². The number of benzene rings is 2. The Bertz CT molecular complexity index is 1100. The number of hydrogen-bond donors (Lipinski definition) is 2. The largest absolute Gasteiger partial charge is 0.366 e. The summed E-state index contributed by atoms with van der Waals surface area (Å²) in [6.45, 7) is 3.19. The number of amides is 2. The van der Waals surface area contributed by atoms with E-state index >= 15 is 0 Å². The number of rotatable bonds is 8. The third-order valence-electron chi connectivity index (χ3n) is 4.42. The van der Waals surface area contributed by atoms with Gasteiger partial charge in [0.25, 0.3) is 11.6 Å². The third kappa shape index (κ3) is 4.92. The molecule has 0 radical (unpaired) electrons. The van der Waals surface area contributed by atoms with Crippen LogP contribution in [-0.4, -0.2) is 37.5 Å². The Morgan fingerprint density at radius 2 is 1.87 bits per heavy atom. The van der Waals surface area contributed by atoms with Gasteiger partial charge in [-0.3, -0.25) is 24.0 Å². The van der Waals surface area contributed by atoms with E-state index in [4.69, 9.17) is 5.73 Å². The molecule has 0 saturated carbocycles. The number of carbonyl (C=O) groups is 2. The molecule has 0 fully saturated rings. The Kier molecular flexibility index (Phi) is 6.77. The van der Waals surface area contributed by atoms with Gasteiger partial charge in [0, 0.05) is 12.1 Å². The van der Waals surface area contributed by atoms with Crippen molar-refractivity contribution in [2.75, 3.05) is 15.9 Å². The number of aryl methyl sites for hydroxylation is 1. The number of nitro benzene ring substituents is 1. The lowest BCUT2D eigenvalue weighted by molar-refractivity contribution is -0.384. The van der Waals surface area contributed by atoms with Crippen molar-refractivity contribution in [1.82, 2.24) is 0 Å². The fraction of sp³-hybridized carbons (Fsp3) is 0.263. The number of nitro groups is 1. The van der Waals surface area contributed by atoms with Crippen molar-refractivity contribution in [3.8, 4) is 0 Å². The average Bonchev–Trinajstić information content (AvgIpc) is 2.65. The van der Waals surface area contributed by atoms with Crippen LogP contribution in [0.5, 0.6) is 0 Å². The van der Waals surface area contributed by atoms with Gasteiger partial charge in [-0.15, -0.1) is 0 Å². The van der Waals surface area contributed by atoms with Crippen LogP contribution in [0.3, 0.4) is 0 Å². The molecule has 0 saturated heterocycles. The summed E-state index contributed by atoms with van der Waals surface area (Å²) in [6, 6.07) is 8.61. The zero-order valence-electron chi connectivity index (χ0n) is 16.7. The Morgan fingerprint density at radius 1 is 1.23 bits per heavy atom. The molecule has 0 spiro atoms. The van der Waals surface area contributed by atoms with Gasteiger partial charge in [-0.1, -0.05) is 25.1 Å². The lowest BCUT2D eigenvalue weighted by Gasteiger charge is -2.31. The van der Waals surface area contributed by atoms with Gasteiger partial charge >= 0.3 is 0 Å². The van der Waals surface area contributed by atoms with Gasteiger partial charge in [0.15, 0.2) is 0 Å². The van der Waals surface area contributed by atoms with Gasteiger partial charge in [-0.25, -0.2) is 8.42 Å². The van der Waals surface area contributed by atoms with Crippen LogP contribution in [0.1, 0.15) is 29.3 Å². The minimum absolute atomic E-state index is 0.0249. The molecule has 10 nitrogen and oxygen atoms in total. The highest BCUT2D eigenvalue weighted by Crippen LogP contribution is 2.30. The second-order valence-corrected chi connectivity index (χ2v) is 8.47. The van der Waals surface area contributed by atoms with E-state index in [1.54, 1.807) is 26.0 Å². The number of para-hydroxylation sites is 1. The van der Waals surface area contributed by atoms with Crippen LogP contribution < -0.4 is 15.4 Å². The molecule has 0 unspecified atom stereocenters. The van der Waals surface area contributed by atoms with Crippen molar-refractivity contribution in [3.63, 3.8) is 0 Å². The van der Waals surface area contributed by atoms with Crippen LogP contribution in [0.4, 0.5) is 17.1 Å². The van der Waals surface area contributed by atoms with Crippen molar-refractivity contribution in [1.29, 1.82) is 0 Å². The molecule has 2 aromatic carbocycles. The fourth-order valence-electron chi connectivity index (χ4n) is 3.01. The number of nitrogens with zero attached hydrogens (tertiary/aromatic N) is 2. The van der Waals surface area contributed by atoms with Crippen molar-refractivity contribution in [3.05, 3.63) is 63.7 Å². The molecule has 11 heteroatoms. The molecule has 0 bridgehead atoms. The second kappa shape index (κ2) is 8.91. The van der Waals surface area contributed by atoms with Gasteiger partial charge in [0.05, 0.1) is 28.1 Å². The van der Waals surface area contributed by atoms with E-state index in [1.165, 1.54) is 24.3 Å². The maximum Gasteiger partial charge on any atom is 0.271 e. The summed E-state index contributed by atoms with van der Waals surface area (Å²) in [7, 11) is -4.00. The summed E-state index contributed by atoms with van der Waals surface area (Å²) in [6.07, 6.45) is 0.984. The molecule has 2 amide bonds. The molecule has 1 atom stereocenters. The first-order valence-electron chi connectivity index (χ1n) is 8.91. The van der Waals surface area contributed by atoms with Crippen LogP contribution in [0.25, 0.3) is 0 Å². The van der Waals surface area contributed by atoms with E-state index in [0.29, 0.717) is 5.56 Å². The Hall–Kier alpha value is -3.47. The molecular weight excluding hydrogens is 412 g/mol. The van der Waals surface area contributed by atoms with E-state index in [-0.39, 0.29) is 29.0 Å². The summed E-state index contributed by atoms with van der Waals surface area (Å²) in [5.74, 6) is -1.46. The number of non-ortho nitro benzene ring substituents is 1. The van der Waals surface area contributed by atoms with Crippen LogP contribution in [0.2, 0.25) is 0 Å². The average molecular weight is 434 g/mol. The van der Waals surface area contributed by atoms with Crippen molar-refractivity contribution in [2.45, 2.75) is 26.3 Å². The summed E-state index contributed by atoms with van der Waals surface area (Å²) in [5, 5.41) is 13.7. The first-order chi connectivity index (χ1) is 14.0. The molecule has 0 aromatic heterocycles. The van der Waals surface area contributed by atoms with Crippen LogP contribution >= 0.6 is 0 Å². The van der Waals surface area contributed by atoms with E-state index in [2.05, 4.69) is 5.32 Å². The number of nitrogens with one attached hydrogen (secondary N) is 1. The monoisotopic (exact) mass is 434 g/mol. The zero-order chi connectivity index (χ0) is 22.6. The number of sulfonamides is 1. The molecule has 0 aliphatic heterocycles. The van der Waals surface area contributed by atoms with Crippen molar-refractivity contribution >= 4 is 38.9 Å². The number of anilines is 2. The van der Waals surface area contributed by atoms with Crippen molar-refractivity contribution < 1.29 is 22.9 Å². The van der Waals surface area contributed by atoms with Gasteiger partial charge < -0.3 is 11.1 Å². The highest BCUT2D eigenvalue weighted by atomic mass is 32.2. The lowest BCUT2D eigenvalue weighted by atomic mass is 10.1. The van der Waals surface area contributed by atoms with Gasteiger partial charge in [0.2, 0.25) is 15.9 Å². The highest BCUT2D eigenvalue weighted by Gasteiger charge is 2.33. The minimum atomic E-state index is -4.00.